The monoisotopic (exact) mass is 443 g/mol. The maximum Gasteiger partial charge on any atom is 0.263 e. The minimum absolute atomic E-state index is 0.181. The van der Waals surface area contributed by atoms with Crippen LogP contribution in [0.4, 0.5) is 0 Å². The number of nitrogens with one attached hydrogen (secondary N) is 1. The third kappa shape index (κ3) is 5.55. The molecule has 0 aromatic heterocycles. The summed E-state index contributed by atoms with van der Waals surface area (Å²) in [7, 11) is 1.59. The molecule has 0 spiro atoms. The van der Waals surface area contributed by atoms with Crippen LogP contribution in [0, 0.1) is 0 Å². The summed E-state index contributed by atoms with van der Waals surface area (Å²) in [5.41, 5.74) is 2.04. The molecule has 5 nitrogen and oxygen atoms in total. The van der Waals surface area contributed by atoms with Crippen LogP contribution in [0.2, 0.25) is 0 Å². The van der Waals surface area contributed by atoms with Crippen molar-refractivity contribution < 1.29 is 19.0 Å². The standard InChI is InChI=1S/C23H25NO4S2/c1-4-15(2)17-7-5-6-8-18(17)27-11-12-28-19-10-9-16(13-20(19)26-3)14-21-22(25)24-23(29)30-21/h5-10,13-15H,4,11-12H2,1-3H3,(H,24,25,29)/b21-14+/t15-/m1/s1. The third-order valence-corrected chi connectivity index (χ3v) is 5.95. The van der Waals surface area contributed by atoms with Gasteiger partial charge >= 0.3 is 0 Å². The summed E-state index contributed by atoms with van der Waals surface area (Å²) in [6, 6.07) is 13.6. The average molecular weight is 444 g/mol. The van der Waals surface area contributed by atoms with Gasteiger partial charge in [-0.15, -0.1) is 0 Å². The summed E-state index contributed by atoms with van der Waals surface area (Å²) in [6.07, 6.45) is 2.84. The molecule has 0 radical (unpaired) electrons. The maximum absolute atomic E-state index is 11.8. The summed E-state index contributed by atoms with van der Waals surface area (Å²) in [5.74, 6) is 2.37. The van der Waals surface area contributed by atoms with E-state index in [0.717, 1.165) is 17.7 Å². The van der Waals surface area contributed by atoms with Gasteiger partial charge in [-0.25, -0.2) is 0 Å². The second-order valence-electron chi connectivity index (χ2n) is 6.81. The van der Waals surface area contributed by atoms with E-state index in [1.807, 2.05) is 36.4 Å². The van der Waals surface area contributed by atoms with Gasteiger partial charge in [0.25, 0.3) is 5.91 Å². The van der Waals surface area contributed by atoms with Crippen LogP contribution in [-0.2, 0) is 4.79 Å². The largest absolute Gasteiger partial charge is 0.493 e. The van der Waals surface area contributed by atoms with E-state index in [1.165, 1.54) is 17.3 Å². The van der Waals surface area contributed by atoms with Crippen LogP contribution < -0.4 is 19.5 Å². The molecule has 1 aliphatic heterocycles. The predicted molar refractivity (Wildman–Crippen MR) is 125 cm³/mol. The molecule has 158 valence electrons. The SMILES string of the molecule is CC[C@@H](C)c1ccccc1OCCOc1ccc(/C=C2/SC(=S)NC2=O)cc1OC. The van der Waals surface area contributed by atoms with Gasteiger partial charge < -0.3 is 19.5 Å². The number of hydrogen-bond acceptors (Lipinski definition) is 6. The minimum atomic E-state index is -0.181. The van der Waals surface area contributed by atoms with Gasteiger partial charge in [0.05, 0.1) is 12.0 Å². The molecule has 1 atom stereocenters. The zero-order valence-corrected chi connectivity index (χ0v) is 18.9. The van der Waals surface area contributed by atoms with Crippen molar-refractivity contribution >= 4 is 40.3 Å². The van der Waals surface area contributed by atoms with E-state index in [1.54, 1.807) is 13.2 Å². The Balaban J connectivity index is 1.61. The van der Waals surface area contributed by atoms with Crippen molar-refractivity contribution in [2.75, 3.05) is 20.3 Å². The smallest absolute Gasteiger partial charge is 0.263 e. The van der Waals surface area contributed by atoms with Crippen molar-refractivity contribution in [1.82, 2.24) is 5.32 Å². The molecule has 1 aliphatic rings. The summed E-state index contributed by atoms with van der Waals surface area (Å²) in [4.78, 5) is 12.4. The van der Waals surface area contributed by atoms with Gasteiger partial charge in [-0.2, -0.15) is 0 Å². The number of benzene rings is 2. The van der Waals surface area contributed by atoms with Crippen LogP contribution in [0.1, 0.15) is 37.3 Å². The number of carbonyl (C=O) groups excluding carboxylic acids is 1. The molecule has 2 aromatic carbocycles. The number of amides is 1. The molecular formula is C23H25NO4S2. The highest BCUT2D eigenvalue weighted by molar-refractivity contribution is 8.26. The van der Waals surface area contributed by atoms with Crippen LogP contribution in [0.25, 0.3) is 6.08 Å². The Kier molecular flexibility index (Phi) is 7.76. The first kappa shape index (κ1) is 22.2. The molecule has 3 rings (SSSR count). The number of hydrogen-bond donors (Lipinski definition) is 1. The molecule has 30 heavy (non-hydrogen) atoms. The van der Waals surface area contributed by atoms with Gasteiger partial charge in [0.2, 0.25) is 0 Å². The molecule has 0 aliphatic carbocycles. The quantitative estimate of drug-likeness (QED) is 0.328. The average Bonchev–Trinajstić information content (AvgIpc) is 3.08. The third-order valence-electron chi connectivity index (χ3n) is 4.79. The van der Waals surface area contributed by atoms with Crippen molar-refractivity contribution in [2.24, 2.45) is 0 Å². The van der Waals surface area contributed by atoms with E-state index in [2.05, 4.69) is 25.2 Å². The van der Waals surface area contributed by atoms with Gasteiger partial charge in [-0.3, -0.25) is 4.79 Å². The number of rotatable bonds is 9. The summed E-state index contributed by atoms with van der Waals surface area (Å²) >= 11 is 6.26. The van der Waals surface area contributed by atoms with Crippen molar-refractivity contribution in [2.45, 2.75) is 26.2 Å². The Morgan fingerprint density at radius 2 is 1.83 bits per heavy atom. The van der Waals surface area contributed by atoms with E-state index >= 15 is 0 Å². The van der Waals surface area contributed by atoms with Crippen LogP contribution in [0.3, 0.4) is 0 Å². The van der Waals surface area contributed by atoms with Crippen molar-refractivity contribution in [1.29, 1.82) is 0 Å². The lowest BCUT2D eigenvalue weighted by molar-refractivity contribution is -0.115. The van der Waals surface area contributed by atoms with E-state index in [4.69, 9.17) is 26.4 Å². The Bertz CT molecular complexity index is 958. The molecule has 1 amide bonds. The van der Waals surface area contributed by atoms with Gasteiger partial charge in [0.1, 0.15) is 23.3 Å². The molecule has 1 N–H and O–H groups in total. The summed E-state index contributed by atoms with van der Waals surface area (Å²) in [5, 5.41) is 2.61. The van der Waals surface area contributed by atoms with Gasteiger partial charge in [0.15, 0.2) is 11.5 Å². The number of para-hydroxylation sites is 1. The fourth-order valence-electron chi connectivity index (χ4n) is 3.01. The number of methoxy groups -OCH3 is 1. The Morgan fingerprint density at radius 3 is 2.50 bits per heavy atom. The van der Waals surface area contributed by atoms with Crippen molar-refractivity contribution in [3.63, 3.8) is 0 Å². The lowest BCUT2D eigenvalue weighted by atomic mass is 9.98. The zero-order valence-electron chi connectivity index (χ0n) is 17.3. The fraction of sp³-hybridized carbons (Fsp3) is 0.304. The van der Waals surface area contributed by atoms with Gasteiger partial charge in [-0.05, 0) is 47.7 Å². The fourth-order valence-corrected chi connectivity index (χ4v) is 4.05. The molecule has 0 bridgehead atoms. The highest BCUT2D eigenvalue weighted by Gasteiger charge is 2.22. The second-order valence-corrected chi connectivity index (χ2v) is 8.53. The van der Waals surface area contributed by atoms with Crippen molar-refractivity contribution in [3.05, 3.63) is 58.5 Å². The first-order valence-corrected chi connectivity index (χ1v) is 11.0. The van der Waals surface area contributed by atoms with Gasteiger partial charge in [0, 0.05) is 0 Å². The van der Waals surface area contributed by atoms with Crippen LogP contribution >= 0.6 is 24.0 Å². The molecule has 1 saturated heterocycles. The number of thioether (sulfide) groups is 1. The molecule has 0 saturated carbocycles. The molecule has 2 aromatic rings. The van der Waals surface area contributed by atoms with E-state index in [9.17, 15) is 4.79 Å². The highest BCUT2D eigenvalue weighted by atomic mass is 32.2. The number of carbonyl (C=O) groups is 1. The maximum atomic E-state index is 11.8. The van der Waals surface area contributed by atoms with Crippen LogP contribution in [-0.4, -0.2) is 30.6 Å². The molecule has 1 fully saturated rings. The number of ether oxygens (including phenoxy) is 3. The molecule has 0 unspecified atom stereocenters. The van der Waals surface area contributed by atoms with E-state index in [0.29, 0.717) is 39.9 Å². The first-order valence-electron chi connectivity index (χ1n) is 9.79. The van der Waals surface area contributed by atoms with Gasteiger partial charge in [-0.1, -0.05) is 62.1 Å². The summed E-state index contributed by atoms with van der Waals surface area (Å²) in [6.45, 7) is 5.18. The van der Waals surface area contributed by atoms with Crippen LogP contribution in [0.15, 0.2) is 47.4 Å². The molecule has 7 heteroatoms. The zero-order chi connectivity index (χ0) is 21.5. The Morgan fingerprint density at radius 1 is 1.10 bits per heavy atom. The Labute approximate surface area is 186 Å². The minimum Gasteiger partial charge on any atom is -0.493 e. The Hall–Kier alpha value is -2.51. The predicted octanol–water partition coefficient (Wildman–Crippen LogP) is 5.16. The van der Waals surface area contributed by atoms with E-state index in [-0.39, 0.29) is 5.91 Å². The van der Waals surface area contributed by atoms with E-state index < -0.39 is 0 Å². The lowest BCUT2D eigenvalue weighted by Crippen LogP contribution is -2.17. The van der Waals surface area contributed by atoms with Crippen LogP contribution in [0.5, 0.6) is 17.2 Å². The first-order chi connectivity index (χ1) is 14.5. The lowest BCUT2D eigenvalue weighted by Gasteiger charge is -2.16. The summed E-state index contributed by atoms with van der Waals surface area (Å²) < 4.78 is 17.7. The normalized spacial score (nSPS) is 15.8. The second kappa shape index (κ2) is 10.5. The van der Waals surface area contributed by atoms with Crippen molar-refractivity contribution in [3.8, 4) is 17.2 Å². The molecule has 1 heterocycles. The topological polar surface area (TPSA) is 56.8 Å². The highest BCUT2D eigenvalue weighted by Crippen LogP contribution is 2.32. The number of thiocarbonyl (C=S) groups is 1. The molecular weight excluding hydrogens is 418 g/mol.